The summed E-state index contributed by atoms with van der Waals surface area (Å²) in [5, 5.41) is 0. The number of ether oxygens (including phenoxy) is 1. The monoisotopic (exact) mass is 292 g/mol. The van der Waals surface area contributed by atoms with E-state index in [1.54, 1.807) is 32.5 Å². The summed E-state index contributed by atoms with van der Waals surface area (Å²) in [6, 6.07) is 9.03. The van der Waals surface area contributed by atoms with Crippen LogP contribution in [0.2, 0.25) is 0 Å². The van der Waals surface area contributed by atoms with Crippen LogP contribution in [0.1, 0.15) is 6.92 Å². The molecule has 0 amide bonds. The van der Waals surface area contributed by atoms with E-state index in [1.807, 2.05) is 24.3 Å². The first kappa shape index (κ1) is 14.3. The summed E-state index contributed by atoms with van der Waals surface area (Å²) in [6.07, 6.45) is 3.18. The Labute approximate surface area is 118 Å². The molecule has 0 aliphatic rings. The molecular weight excluding hydrogens is 276 g/mol. The summed E-state index contributed by atoms with van der Waals surface area (Å²) in [4.78, 5) is 4.06. The Morgan fingerprint density at radius 2 is 2.10 bits per heavy atom. The quantitative estimate of drug-likeness (QED) is 0.919. The van der Waals surface area contributed by atoms with E-state index in [9.17, 15) is 8.42 Å². The van der Waals surface area contributed by atoms with Crippen LogP contribution in [0, 0.1) is 0 Å². The van der Waals surface area contributed by atoms with Crippen molar-refractivity contribution in [1.29, 1.82) is 0 Å². The van der Waals surface area contributed by atoms with Crippen LogP contribution in [-0.2, 0) is 10.0 Å². The largest absolute Gasteiger partial charge is 0.497 e. The van der Waals surface area contributed by atoms with E-state index in [2.05, 4.69) is 9.71 Å². The first-order valence-corrected chi connectivity index (χ1v) is 7.80. The molecule has 2 rings (SSSR count). The van der Waals surface area contributed by atoms with E-state index < -0.39 is 10.0 Å². The van der Waals surface area contributed by atoms with Gasteiger partial charge in [-0.05, 0) is 30.7 Å². The fraction of sp³-hybridized carbons (Fsp3) is 0.214. The van der Waals surface area contributed by atoms with Crippen molar-refractivity contribution in [3.8, 4) is 16.9 Å². The highest BCUT2D eigenvalue weighted by atomic mass is 32.2. The Morgan fingerprint density at radius 3 is 2.80 bits per heavy atom. The molecule has 106 valence electrons. The molecule has 1 aromatic carbocycles. The van der Waals surface area contributed by atoms with Gasteiger partial charge in [0.05, 0.1) is 18.6 Å². The van der Waals surface area contributed by atoms with Crippen molar-refractivity contribution in [1.82, 2.24) is 4.98 Å². The summed E-state index contributed by atoms with van der Waals surface area (Å²) >= 11 is 0. The fourth-order valence-electron chi connectivity index (χ4n) is 1.74. The van der Waals surface area contributed by atoms with Gasteiger partial charge < -0.3 is 4.74 Å². The standard InChI is InChI=1S/C14H16N2O3S/c1-3-20(17,18)16-14-7-8-15-10-13(14)11-5-4-6-12(9-11)19-2/h4-10H,3H2,1-2H3,(H,15,16). The molecule has 1 aromatic heterocycles. The molecule has 0 saturated heterocycles. The fourth-order valence-corrected chi connectivity index (χ4v) is 2.40. The number of sulfonamides is 1. The van der Waals surface area contributed by atoms with Crippen molar-refractivity contribution in [3.05, 3.63) is 42.7 Å². The number of nitrogens with zero attached hydrogens (tertiary/aromatic N) is 1. The molecule has 0 aliphatic heterocycles. The van der Waals surface area contributed by atoms with Crippen molar-refractivity contribution in [2.75, 3.05) is 17.6 Å². The summed E-state index contributed by atoms with van der Waals surface area (Å²) in [5.41, 5.74) is 2.06. The highest BCUT2D eigenvalue weighted by molar-refractivity contribution is 7.92. The van der Waals surface area contributed by atoms with Gasteiger partial charge in [0.1, 0.15) is 5.75 Å². The lowest BCUT2D eigenvalue weighted by Gasteiger charge is -2.12. The third-order valence-corrected chi connectivity index (χ3v) is 4.14. The number of nitrogens with one attached hydrogen (secondary N) is 1. The molecule has 6 heteroatoms. The molecule has 0 spiro atoms. The zero-order valence-corrected chi connectivity index (χ0v) is 12.1. The smallest absolute Gasteiger partial charge is 0.232 e. The lowest BCUT2D eigenvalue weighted by atomic mass is 10.1. The van der Waals surface area contributed by atoms with E-state index in [1.165, 1.54) is 0 Å². The molecule has 5 nitrogen and oxygen atoms in total. The van der Waals surface area contributed by atoms with Crippen LogP contribution in [0.3, 0.4) is 0 Å². The Morgan fingerprint density at radius 1 is 1.30 bits per heavy atom. The van der Waals surface area contributed by atoms with Gasteiger partial charge in [0.15, 0.2) is 0 Å². The first-order valence-electron chi connectivity index (χ1n) is 6.14. The molecule has 0 aliphatic carbocycles. The van der Waals surface area contributed by atoms with Crippen molar-refractivity contribution in [3.63, 3.8) is 0 Å². The lowest BCUT2D eigenvalue weighted by Crippen LogP contribution is -2.15. The van der Waals surface area contributed by atoms with E-state index in [0.717, 1.165) is 5.56 Å². The first-order chi connectivity index (χ1) is 9.55. The molecule has 20 heavy (non-hydrogen) atoms. The van der Waals surface area contributed by atoms with Crippen molar-refractivity contribution >= 4 is 15.7 Å². The predicted molar refractivity (Wildman–Crippen MR) is 79.3 cm³/mol. The minimum absolute atomic E-state index is 0.0207. The maximum atomic E-state index is 11.7. The predicted octanol–water partition coefficient (Wildman–Crippen LogP) is 2.52. The number of hydrogen-bond donors (Lipinski definition) is 1. The second-order valence-electron chi connectivity index (χ2n) is 4.16. The summed E-state index contributed by atoms with van der Waals surface area (Å²) in [6.45, 7) is 1.59. The minimum atomic E-state index is -3.33. The summed E-state index contributed by atoms with van der Waals surface area (Å²) in [7, 11) is -1.74. The van der Waals surface area contributed by atoms with Gasteiger partial charge in [-0.1, -0.05) is 12.1 Å². The van der Waals surface area contributed by atoms with Crippen molar-refractivity contribution in [2.24, 2.45) is 0 Å². The molecular formula is C14H16N2O3S. The number of rotatable bonds is 5. The number of aromatic nitrogens is 1. The Bertz CT molecular complexity index is 699. The average Bonchev–Trinajstić information content (AvgIpc) is 2.47. The second kappa shape index (κ2) is 5.92. The molecule has 0 fully saturated rings. The van der Waals surface area contributed by atoms with Crippen LogP contribution < -0.4 is 9.46 Å². The van der Waals surface area contributed by atoms with Crippen LogP contribution in [0.5, 0.6) is 5.75 Å². The van der Waals surface area contributed by atoms with E-state index in [4.69, 9.17) is 4.74 Å². The Kier molecular flexibility index (Phi) is 4.24. The average molecular weight is 292 g/mol. The Balaban J connectivity index is 2.46. The van der Waals surface area contributed by atoms with Crippen molar-refractivity contribution in [2.45, 2.75) is 6.92 Å². The molecule has 1 N–H and O–H groups in total. The number of hydrogen-bond acceptors (Lipinski definition) is 4. The van der Waals surface area contributed by atoms with Gasteiger partial charge in [-0.3, -0.25) is 9.71 Å². The van der Waals surface area contributed by atoms with E-state index in [-0.39, 0.29) is 5.75 Å². The third kappa shape index (κ3) is 3.27. The third-order valence-electron chi connectivity index (χ3n) is 2.85. The molecule has 0 bridgehead atoms. The number of benzene rings is 1. The molecule has 0 radical (unpaired) electrons. The summed E-state index contributed by atoms with van der Waals surface area (Å²) < 4.78 is 31.2. The van der Waals surface area contributed by atoms with Gasteiger partial charge in [0.2, 0.25) is 10.0 Å². The zero-order chi connectivity index (χ0) is 14.6. The maximum absolute atomic E-state index is 11.7. The van der Waals surface area contributed by atoms with Crippen molar-refractivity contribution < 1.29 is 13.2 Å². The normalized spacial score (nSPS) is 11.1. The van der Waals surface area contributed by atoms with Crippen LogP contribution in [0.25, 0.3) is 11.1 Å². The van der Waals surface area contributed by atoms with Gasteiger partial charge in [-0.25, -0.2) is 8.42 Å². The Hall–Kier alpha value is -2.08. The molecule has 2 aromatic rings. The number of pyridine rings is 1. The van der Waals surface area contributed by atoms with Gasteiger partial charge in [-0.15, -0.1) is 0 Å². The van der Waals surface area contributed by atoms with Gasteiger partial charge >= 0.3 is 0 Å². The summed E-state index contributed by atoms with van der Waals surface area (Å²) in [5.74, 6) is 0.725. The highest BCUT2D eigenvalue weighted by Crippen LogP contribution is 2.29. The number of methoxy groups -OCH3 is 1. The zero-order valence-electron chi connectivity index (χ0n) is 11.3. The second-order valence-corrected chi connectivity index (χ2v) is 6.17. The topological polar surface area (TPSA) is 68.3 Å². The van der Waals surface area contributed by atoms with Gasteiger partial charge in [-0.2, -0.15) is 0 Å². The van der Waals surface area contributed by atoms with E-state index >= 15 is 0 Å². The maximum Gasteiger partial charge on any atom is 0.232 e. The highest BCUT2D eigenvalue weighted by Gasteiger charge is 2.12. The van der Waals surface area contributed by atoms with Gasteiger partial charge in [0, 0.05) is 18.0 Å². The van der Waals surface area contributed by atoms with Crippen LogP contribution in [0.4, 0.5) is 5.69 Å². The molecule has 1 heterocycles. The molecule has 0 unspecified atom stereocenters. The SMILES string of the molecule is CCS(=O)(=O)Nc1ccncc1-c1cccc(OC)c1. The number of anilines is 1. The molecule has 0 atom stereocenters. The van der Waals surface area contributed by atoms with Gasteiger partial charge in [0.25, 0.3) is 0 Å². The minimum Gasteiger partial charge on any atom is -0.497 e. The van der Waals surface area contributed by atoms with Crippen LogP contribution in [-0.4, -0.2) is 26.3 Å². The van der Waals surface area contributed by atoms with E-state index in [0.29, 0.717) is 17.0 Å². The lowest BCUT2D eigenvalue weighted by molar-refractivity contribution is 0.415. The molecule has 0 saturated carbocycles. The van der Waals surface area contributed by atoms with Crippen LogP contribution >= 0.6 is 0 Å². The van der Waals surface area contributed by atoms with Crippen LogP contribution in [0.15, 0.2) is 42.7 Å².